The Morgan fingerprint density at radius 3 is 3.11 bits per heavy atom. The van der Waals surface area contributed by atoms with Gasteiger partial charge in [-0.05, 0) is 0 Å². The summed E-state index contributed by atoms with van der Waals surface area (Å²) in [5.74, 6) is 0.900. The molecule has 2 aromatic carbocycles. The van der Waals surface area contributed by atoms with Crippen LogP contribution in [0, 0.1) is 0 Å². The molecule has 2 heterocycles. The SMILES string of the molecule is c1ccc2c(c1)NCC(c1cccc3[se]nnc13)O2. The van der Waals surface area contributed by atoms with Gasteiger partial charge in [0.25, 0.3) is 0 Å². The summed E-state index contributed by atoms with van der Waals surface area (Å²) in [5, 5.41) is 7.69. The van der Waals surface area contributed by atoms with Crippen LogP contribution in [0.2, 0.25) is 0 Å². The van der Waals surface area contributed by atoms with Gasteiger partial charge in [-0.3, -0.25) is 0 Å². The average Bonchev–Trinajstić information content (AvgIpc) is 2.95. The van der Waals surface area contributed by atoms with Gasteiger partial charge in [-0.15, -0.1) is 0 Å². The zero-order chi connectivity index (χ0) is 12.7. The van der Waals surface area contributed by atoms with Crippen molar-refractivity contribution < 1.29 is 4.74 Å². The molecule has 4 nitrogen and oxygen atoms in total. The molecule has 1 aliphatic rings. The molecule has 1 aromatic heterocycles. The van der Waals surface area contributed by atoms with E-state index in [0.29, 0.717) is 0 Å². The van der Waals surface area contributed by atoms with Gasteiger partial charge in [0.15, 0.2) is 0 Å². The molecule has 5 heteroatoms. The number of hydrogen-bond acceptors (Lipinski definition) is 4. The third-order valence-electron chi connectivity index (χ3n) is 3.29. The van der Waals surface area contributed by atoms with Crippen molar-refractivity contribution in [2.45, 2.75) is 6.10 Å². The van der Waals surface area contributed by atoms with Gasteiger partial charge in [0, 0.05) is 0 Å². The number of nitrogens with one attached hydrogen (secondary N) is 1. The predicted octanol–water partition coefficient (Wildman–Crippen LogP) is 2.23. The van der Waals surface area contributed by atoms with E-state index in [2.05, 4.69) is 32.7 Å². The third kappa shape index (κ3) is 1.82. The fraction of sp³-hybridized carbons (Fsp3) is 0.143. The van der Waals surface area contributed by atoms with Crippen molar-refractivity contribution in [2.24, 2.45) is 0 Å². The van der Waals surface area contributed by atoms with Crippen LogP contribution in [0.5, 0.6) is 5.75 Å². The second kappa shape index (κ2) is 4.37. The second-order valence-electron chi connectivity index (χ2n) is 4.45. The first-order valence-electron chi connectivity index (χ1n) is 6.12. The number of benzene rings is 2. The number of para-hydroxylation sites is 2. The minimum absolute atomic E-state index is 0.00213. The van der Waals surface area contributed by atoms with Crippen LogP contribution in [0.15, 0.2) is 42.5 Å². The topological polar surface area (TPSA) is 47.0 Å². The van der Waals surface area contributed by atoms with Gasteiger partial charge < -0.3 is 0 Å². The molecule has 0 fully saturated rings. The molecule has 0 spiro atoms. The monoisotopic (exact) mass is 317 g/mol. The van der Waals surface area contributed by atoms with Crippen molar-refractivity contribution in [3.05, 3.63) is 48.0 Å². The minimum atomic E-state index is -0.00213. The van der Waals surface area contributed by atoms with Crippen molar-refractivity contribution in [3.63, 3.8) is 0 Å². The Balaban J connectivity index is 1.77. The molecule has 0 radical (unpaired) electrons. The van der Waals surface area contributed by atoms with Crippen LogP contribution in [-0.2, 0) is 0 Å². The van der Waals surface area contributed by atoms with Crippen molar-refractivity contribution in [3.8, 4) is 5.75 Å². The zero-order valence-electron chi connectivity index (χ0n) is 10.0. The summed E-state index contributed by atoms with van der Waals surface area (Å²) < 4.78 is 11.5. The first kappa shape index (κ1) is 11.0. The summed E-state index contributed by atoms with van der Waals surface area (Å²) in [7, 11) is 0. The third-order valence-corrected chi connectivity index (χ3v) is 4.74. The Morgan fingerprint density at radius 2 is 2.11 bits per heavy atom. The van der Waals surface area contributed by atoms with E-state index in [0.717, 1.165) is 29.1 Å². The Morgan fingerprint density at radius 1 is 1.16 bits per heavy atom. The van der Waals surface area contributed by atoms with Crippen molar-refractivity contribution in [1.82, 2.24) is 9.19 Å². The van der Waals surface area contributed by atoms with E-state index in [9.17, 15) is 0 Å². The molecule has 0 bridgehead atoms. The molecular weight excluding hydrogens is 305 g/mol. The summed E-state index contributed by atoms with van der Waals surface area (Å²) in [6, 6.07) is 14.3. The molecule has 1 atom stereocenters. The van der Waals surface area contributed by atoms with Gasteiger partial charge in [-0.25, -0.2) is 0 Å². The van der Waals surface area contributed by atoms with E-state index in [-0.39, 0.29) is 20.8 Å². The number of nitrogens with zero attached hydrogens (tertiary/aromatic N) is 2. The van der Waals surface area contributed by atoms with Crippen LogP contribution in [0.25, 0.3) is 9.78 Å². The van der Waals surface area contributed by atoms with Crippen LogP contribution in [-0.4, -0.2) is 30.5 Å². The first-order chi connectivity index (χ1) is 9.42. The molecule has 1 unspecified atom stereocenters. The summed E-state index contributed by atoms with van der Waals surface area (Å²) in [6.45, 7) is 0.760. The fourth-order valence-corrected chi connectivity index (χ4v) is 3.62. The molecular formula is C14H11N3OSe. The fourth-order valence-electron chi connectivity index (χ4n) is 2.37. The van der Waals surface area contributed by atoms with Gasteiger partial charge in [-0.1, -0.05) is 0 Å². The summed E-state index contributed by atoms with van der Waals surface area (Å²) >= 11 is 0.130. The van der Waals surface area contributed by atoms with Crippen LogP contribution in [0.4, 0.5) is 5.69 Å². The average molecular weight is 316 g/mol. The molecule has 0 aliphatic carbocycles. The maximum atomic E-state index is 6.09. The molecule has 1 N–H and O–H groups in total. The van der Waals surface area contributed by atoms with Gasteiger partial charge in [0.1, 0.15) is 0 Å². The number of fused-ring (bicyclic) bond motifs is 2. The van der Waals surface area contributed by atoms with Gasteiger partial charge in [0.05, 0.1) is 0 Å². The summed E-state index contributed by atoms with van der Waals surface area (Å²) in [6.07, 6.45) is -0.00213. The molecule has 3 aromatic rings. The Bertz CT molecular complexity index is 740. The molecule has 0 saturated carbocycles. The van der Waals surface area contributed by atoms with E-state index in [4.69, 9.17) is 4.74 Å². The number of ether oxygens (including phenoxy) is 1. The molecule has 0 saturated heterocycles. The molecule has 4 rings (SSSR count). The summed E-state index contributed by atoms with van der Waals surface area (Å²) in [4.78, 5) is 0. The number of rotatable bonds is 1. The van der Waals surface area contributed by atoms with Crippen molar-refractivity contribution in [2.75, 3.05) is 11.9 Å². The molecule has 94 valence electrons. The Kier molecular flexibility index (Phi) is 2.53. The van der Waals surface area contributed by atoms with Crippen molar-refractivity contribution in [1.29, 1.82) is 0 Å². The zero-order valence-corrected chi connectivity index (χ0v) is 11.7. The predicted molar refractivity (Wildman–Crippen MR) is 74.8 cm³/mol. The van der Waals surface area contributed by atoms with Crippen molar-refractivity contribution >= 4 is 30.2 Å². The summed E-state index contributed by atoms with van der Waals surface area (Å²) in [5.41, 5.74) is 3.19. The number of anilines is 1. The Hall–Kier alpha value is -1.84. The van der Waals surface area contributed by atoms with E-state index in [1.54, 1.807) is 0 Å². The van der Waals surface area contributed by atoms with E-state index in [1.807, 2.05) is 24.3 Å². The van der Waals surface area contributed by atoms with E-state index >= 15 is 0 Å². The van der Waals surface area contributed by atoms with Gasteiger partial charge in [-0.2, -0.15) is 0 Å². The van der Waals surface area contributed by atoms with Crippen LogP contribution >= 0.6 is 0 Å². The van der Waals surface area contributed by atoms with Gasteiger partial charge in [0.2, 0.25) is 0 Å². The standard InChI is InChI=1S/C14H11N3OSe/c1-2-6-11-10(5-1)15-8-12(18-11)9-4-3-7-13-14(9)16-17-19-13/h1-7,12,15H,8H2. The van der Waals surface area contributed by atoms with Gasteiger partial charge >= 0.3 is 116 Å². The molecule has 1 aliphatic heterocycles. The Labute approximate surface area is 116 Å². The van der Waals surface area contributed by atoms with E-state index < -0.39 is 0 Å². The van der Waals surface area contributed by atoms with Crippen LogP contribution in [0.3, 0.4) is 0 Å². The second-order valence-corrected chi connectivity index (χ2v) is 6.10. The van der Waals surface area contributed by atoms with Crippen LogP contribution in [0.1, 0.15) is 11.7 Å². The first-order valence-corrected chi connectivity index (χ1v) is 7.74. The quantitative estimate of drug-likeness (QED) is 0.700. The number of aromatic nitrogens is 2. The molecule has 19 heavy (non-hydrogen) atoms. The normalized spacial score (nSPS) is 17.6. The molecule has 0 amide bonds. The maximum absolute atomic E-state index is 6.09. The van der Waals surface area contributed by atoms with E-state index in [1.165, 1.54) is 4.26 Å². The van der Waals surface area contributed by atoms with Crippen LogP contribution < -0.4 is 10.1 Å². The number of hydrogen-bond donors (Lipinski definition) is 1.